The second-order valence-corrected chi connectivity index (χ2v) is 18.2. The highest BCUT2D eigenvalue weighted by atomic mass is 16.5. The van der Waals surface area contributed by atoms with E-state index in [4.69, 9.17) is 29.7 Å². The molecular weight excluding hydrogens is 767 g/mol. The number of anilines is 1. The average molecular weight is 822 g/mol. The van der Waals surface area contributed by atoms with E-state index in [0.29, 0.717) is 54.4 Å². The molecule has 316 valence electrons. The molecule has 5 atom stereocenters. The number of carbonyl (C=O) groups excluding carboxylic acids is 1. The van der Waals surface area contributed by atoms with E-state index in [1.165, 1.54) is 26.2 Å². The third-order valence-electron chi connectivity index (χ3n) is 14.3. The van der Waals surface area contributed by atoms with Gasteiger partial charge in [-0.25, -0.2) is 4.98 Å². The number of fused-ring (bicyclic) bond motifs is 9. The Labute approximate surface area is 357 Å². The Hall–Kier alpha value is -5.66. The molecule has 10 rings (SSSR count). The van der Waals surface area contributed by atoms with Crippen molar-refractivity contribution in [2.75, 3.05) is 26.1 Å². The van der Waals surface area contributed by atoms with Crippen LogP contribution in [0.25, 0.3) is 17.2 Å². The van der Waals surface area contributed by atoms with Gasteiger partial charge in [-0.3, -0.25) is 4.79 Å². The molecule has 0 radical (unpaired) electrons. The largest absolute Gasteiger partial charge is 0.508 e. The molecule has 0 amide bonds. The normalized spacial score (nSPS) is 24.5. The van der Waals surface area contributed by atoms with E-state index >= 15 is 0 Å². The second-order valence-electron chi connectivity index (χ2n) is 18.2. The summed E-state index contributed by atoms with van der Waals surface area (Å²) in [5, 5.41) is 26.6. The molecule has 3 aliphatic carbocycles. The molecule has 5 N–H and O–H groups in total. The maximum Gasteiger partial charge on any atom is 0.302 e. The van der Waals surface area contributed by atoms with E-state index in [0.717, 1.165) is 106 Å². The van der Waals surface area contributed by atoms with Gasteiger partial charge in [0, 0.05) is 58.7 Å². The summed E-state index contributed by atoms with van der Waals surface area (Å²) in [7, 11) is 1.65. The van der Waals surface area contributed by atoms with Crippen LogP contribution in [0, 0.1) is 17.8 Å². The highest BCUT2D eigenvalue weighted by Crippen LogP contribution is 2.63. The molecule has 61 heavy (non-hydrogen) atoms. The Morgan fingerprint density at radius 2 is 1.92 bits per heavy atom. The first-order valence-electron chi connectivity index (χ1n) is 22.2. The van der Waals surface area contributed by atoms with Gasteiger partial charge in [0.2, 0.25) is 0 Å². The molecule has 0 unspecified atom stereocenters. The topological polar surface area (TPSA) is 145 Å². The Balaban J connectivity index is 1.20. The molecule has 10 heteroatoms. The lowest BCUT2D eigenvalue weighted by molar-refractivity contribution is -0.141. The molecular formula is C51H55N3O7. The summed E-state index contributed by atoms with van der Waals surface area (Å²) in [6.07, 6.45) is 15.0. The van der Waals surface area contributed by atoms with Crippen molar-refractivity contribution in [3.05, 3.63) is 92.7 Å². The summed E-state index contributed by atoms with van der Waals surface area (Å²) in [4.78, 5) is 17.5. The van der Waals surface area contributed by atoms with Crippen LogP contribution in [0.2, 0.25) is 0 Å². The number of methoxy groups -OCH3 is 1. The molecule has 2 saturated carbocycles. The summed E-state index contributed by atoms with van der Waals surface area (Å²) >= 11 is 0. The standard InChI is InChI=1S/C51H55N3O7/c1-4-30-20-32-19-29-17-18-51(24-29)25-33-21-36(56)23-43(58-3)44(33)38-16-15-37-40(27-59-28(2)55)48(61-49(37)46(38)51)45-31(9-8-12-41(32)54-50(30)52)22-42(57)47-39(45)14-13-35(26-60-47)53-34-10-6-5-7-11-34/h13-16,20-23,29,34-35,40,48,53,56-57H,4-7,9-11,17-19,24-27H2,1-3H3,(H2,52,54)/t29-,35-,40+,48-,51+/m1/s1. The van der Waals surface area contributed by atoms with Crippen LogP contribution in [-0.4, -0.2) is 53.6 Å². The van der Waals surface area contributed by atoms with E-state index in [9.17, 15) is 15.0 Å². The van der Waals surface area contributed by atoms with E-state index in [1.54, 1.807) is 19.2 Å². The Kier molecular flexibility index (Phi) is 10.1. The van der Waals surface area contributed by atoms with Crippen molar-refractivity contribution in [2.24, 2.45) is 5.92 Å². The molecule has 1 aromatic heterocycles. The molecule has 10 nitrogen and oxygen atoms in total. The van der Waals surface area contributed by atoms with Gasteiger partial charge in [0.15, 0.2) is 11.5 Å². The number of ether oxygens (including phenoxy) is 4. The lowest BCUT2D eigenvalue weighted by Crippen LogP contribution is -2.41. The Morgan fingerprint density at radius 1 is 1.07 bits per heavy atom. The number of aryl methyl sites for hydroxylation is 1. The van der Waals surface area contributed by atoms with Crippen LogP contribution in [0.5, 0.6) is 28.7 Å². The summed E-state index contributed by atoms with van der Waals surface area (Å²) in [6.45, 7) is 4.01. The third kappa shape index (κ3) is 6.95. The Morgan fingerprint density at radius 3 is 2.72 bits per heavy atom. The number of hydrogen-bond donors (Lipinski definition) is 4. The van der Waals surface area contributed by atoms with Crippen LogP contribution in [0.4, 0.5) is 5.82 Å². The minimum absolute atomic E-state index is 0.0411. The quantitative estimate of drug-likeness (QED) is 0.110. The SMILES string of the molecule is CCc1cc2c(nc1N)C#CCc1cc(O)c3c(c1[C@@H]1Oc4c(ccc5c4[C@]4(CC[C@H](C2)C4)Cc2cc(O)cc(OC)c2-5)[C@@H]1COC(C)=O)C=C[C@@H](NC1CCCCC1)CO3. The van der Waals surface area contributed by atoms with Gasteiger partial charge in [0.1, 0.15) is 48.1 Å². The van der Waals surface area contributed by atoms with Crippen molar-refractivity contribution >= 4 is 17.9 Å². The molecule has 0 saturated heterocycles. The van der Waals surface area contributed by atoms with E-state index in [-0.39, 0.29) is 41.4 Å². The summed E-state index contributed by atoms with van der Waals surface area (Å²) < 4.78 is 25.9. The number of nitrogens with one attached hydrogen (secondary N) is 1. The van der Waals surface area contributed by atoms with Gasteiger partial charge in [0.25, 0.3) is 0 Å². The van der Waals surface area contributed by atoms with Crippen molar-refractivity contribution in [1.29, 1.82) is 0 Å². The maximum atomic E-state index is 12.6. The van der Waals surface area contributed by atoms with Crippen molar-refractivity contribution in [3.8, 4) is 51.7 Å². The van der Waals surface area contributed by atoms with Crippen molar-refractivity contribution in [3.63, 3.8) is 0 Å². The molecule has 6 aliphatic rings. The summed E-state index contributed by atoms with van der Waals surface area (Å²) in [5.74, 6) is 9.01. The molecule has 2 fully saturated rings. The number of esters is 1. The zero-order chi connectivity index (χ0) is 42.0. The fraction of sp³-hybridized carbons (Fsp3) is 0.451. The smallest absolute Gasteiger partial charge is 0.302 e. The number of phenols is 2. The van der Waals surface area contributed by atoms with Gasteiger partial charge < -0.3 is 40.2 Å². The monoisotopic (exact) mass is 821 g/mol. The van der Waals surface area contributed by atoms with E-state index in [2.05, 4.69) is 54.4 Å². The number of hydrogen-bond acceptors (Lipinski definition) is 10. The van der Waals surface area contributed by atoms with E-state index in [1.807, 2.05) is 6.07 Å². The Bertz CT molecular complexity index is 2530. The first-order valence-corrected chi connectivity index (χ1v) is 22.2. The molecule has 4 bridgehead atoms. The number of pyridine rings is 1. The van der Waals surface area contributed by atoms with Gasteiger partial charge in [-0.15, -0.1) is 0 Å². The zero-order valence-corrected chi connectivity index (χ0v) is 35.4. The fourth-order valence-electron chi connectivity index (χ4n) is 11.6. The van der Waals surface area contributed by atoms with Gasteiger partial charge in [-0.1, -0.05) is 56.4 Å². The highest BCUT2D eigenvalue weighted by Gasteiger charge is 2.51. The van der Waals surface area contributed by atoms with Crippen molar-refractivity contribution < 1.29 is 34.0 Å². The molecule has 3 aromatic carbocycles. The third-order valence-corrected chi connectivity index (χ3v) is 14.3. The number of nitrogens with two attached hydrogens (primary N) is 1. The number of nitrogens with zero attached hydrogens (tertiary/aromatic N) is 1. The minimum atomic E-state index is -0.612. The maximum absolute atomic E-state index is 12.6. The predicted octanol–water partition coefficient (Wildman–Crippen LogP) is 8.53. The lowest BCUT2D eigenvalue weighted by Gasteiger charge is -2.39. The fourth-order valence-corrected chi connectivity index (χ4v) is 11.6. The number of aromatic hydroxyl groups is 2. The molecule has 3 aliphatic heterocycles. The van der Waals surface area contributed by atoms with Gasteiger partial charge in [-0.05, 0) is 109 Å². The number of rotatable bonds is 6. The number of phenolic OH excluding ortho intramolecular Hbond substituents is 2. The van der Waals surface area contributed by atoms with Gasteiger partial charge in [0.05, 0.1) is 19.1 Å². The summed E-state index contributed by atoms with van der Waals surface area (Å²) in [6, 6.07) is 12.2. The van der Waals surface area contributed by atoms with Crippen LogP contribution in [0.1, 0.15) is 127 Å². The van der Waals surface area contributed by atoms with E-state index < -0.39 is 6.10 Å². The van der Waals surface area contributed by atoms with Crippen LogP contribution in [-0.2, 0) is 40.6 Å². The summed E-state index contributed by atoms with van der Waals surface area (Å²) in [5.41, 5.74) is 16.6. The van der Waals surface area contributed by atoms with Gasteiger partial charge >= 0.3 is 5.97 Å². The van der Waals surface area contributed by atoms with Crippen LogP contribution in [0.15, 0.2) is 42.5 Å². The zero-order valence-electron chi connectivity index (χ0n) is 35.4. The minimum Gasteiger partial charge on any atom is -0.508 e. The lowest BCUT2D eigenvalue weighted by atomic mass is 9.65. The number of benzene rings is 3. The molecule has 4 heterocycles. The van der Waals surface area contributed by atoms with Crippen LogP contribution >= 0.6 is 0 Å². The van der Waals surface area contributed by atoms with Crippen LogP contribution in [0.3, 0.4) is 0 Å². The van der Waals surface area contributed by atoms with Gasteiger partial charge in [-0.2, -0.15) is 0 Å². The van der Waals surface area contributed by atoms with Crippen molar-refractivity contribution in [2.45, 2.75) is 120 Å². The number of carbonyl (C=O) groups is 1. The predicted molar refractivity (Wildman–Crippen MR) is 234 cm³/mol. The average Bonchev–Trinajstić information content (AvgIpc) is 3.74. The first-order chi connectivity index (χ1) is 29.6. The molecule has 4 aromatic rings. The first kappa shape index (κ1) is 39.5. The number of nitrogen functional groups attached to an aromatic ring is 1. The van der Waals surface area contributed by atoms with Crippen LogP contribution < -0.4 is 25.3 Å². The second kappa shape index (κ2) is 15.7. The highest BCUT2D eigenvalue weighted by molar-refractivity contribution is 5.84. The number of aromatic nitrogens is 1. The van der Waals surface area contributed by atoms with Crippen molar-refractivity contribution in [1.82, 2.24) is 10.3 Å². The molecule has 1 spiro atoms.